The molecule has 0 amide bonds. The third-order valence-corrected chi connectivity index (χ3v) is 4.97. The molecule has 0 spiro atoms. The molecule has 2 N–H and O–H groups in total. The highest BCUT2D eigenvalue weighted by molar-refractivity contribution is 6.32. The van der Waals surface area contributed by atoms with Gasteiger partial charge in [-0.05, 0) is 37.6 Å². The summed E-state index contributed by atoms with van der Waals surface area (Å²) >= 11 is 6.29. The van der Waals surface area contributed by atoms with Crippen LogP contribution < -0.4 is 15.5 Å². The summed E-state index contributed by atoms with van der Waals surface area (Å²) in [4.78, 5) is 11.3. The van der Waals surface area contributed by atoms with Crippen LogP contribution in [-0.4, -0.2) is 51.2 Å². The van der Waals surface area contributed by atoms with E-state index in [-0.39, 0.29) is 6.04 Å². The molecule has 0 radical (unpaired) electrons. The summed E-state index contributed by atoms with van der Waals surface area (Å²) in [5, 5.41) is 15.9. The lowest BCUT2D eigenvalue weighted by molar-refractivity contribution is 0.647. The number of hydrogen-bond acceptors (Lipinski definition) is 5. The Balaban J connectivity index is 1.42. The number of aliphatic imine (C=N–C) groups is 1. The molecule has 1 aliphatic heterocycles. The number of halogens is 1. The number of guanidine groups is 1. The van der Waals surface area contributed by atoms with Crippen molar-refractivity contribution >= 4 is 29.0 Å². The average molecular weight is 399 g/mol. The zero-order valence-corrected chi connectivity index (χ0v) is 16.5. The van der Waals surface area contributed by atoms with Crippen molar-refractivity contribution in [2.75, 3.05) is 24.5 Å². The molecule has 28 heavy (non-hydrogen) atoms. The third-order valence-electron chi connectivity index (χ3n) is 4.67. The summed E-state index contributed by atoms with van der Waals surface area (Å²) in [6.07, 6.45) is 4.72. The zero-order chi connectivity index (χ0) is 19.3. The van der Waals surface area contributed by atoms with Crippen LogP contribution in [0.5, 0.6) is 0 Å². The van der Waals surface area contributed by atoms with Gasteiger partial charge in [0.15, 0.2) is 17.4 Å². The normalized spacial score (nSPS) is 17.3. The Labute approximate surface area is 168 Å². The first kappa shape index (κ1) is 18.5. The predicted octanol–water partition coefficient (Wildman–Crippen LogP) is 2.11. The molecule has 3 aromatic rings. The van der Waals surface area contributed by atoms with Crippen molar-refractivity contribution in [2.45, 2.75) is 25.9 Å². The van der Waals surface area contributed by atoms with E-state index in [0.717, 1.165) is 49.3 Å². The monoisotopic (exact) mass is 398 g/mol. The molecular formula is C19H23ClN8. The highest BCUT2D eigenvalue weighted by Crippen LogP contribution is 2.25. The fourth-order valence-corrected chi connectivity index (χ4v) is 3.58. The van der Waals surface area contributed by atoms with Crippen molar-refractivity contribution in [3.05, 3.63) is 53.6 Å². The Morgan fingerprint density at radius 3 is 3.07 bits per heavy atom. The van der Waals surface area contributed by atoms with Gasteiger partial charge < -0.3 is 15.5 Å². The molecule has 3 aromatic heterocycles. The van der Waals surface area contributed by atoms with Crippen molar-refractivity contribution in [1.29, 1.82) is 0 Å². The van der Waals surface area contributed by atoms with Crippen LogP contribution in [-0.2, 0) is 6.54 Å². The summed E-state index contributed by atoms with van der Waals surface area (Å²) in [5.41, 5.74) is 0.823. The van der Waals surface area contributed by atoms with Gasteiger partial charge in [-0.2, -0.15) is 0 Å². The number of hydrogen-bond donors (Lipinski definition) is 2. The van der Waals surface area contributed by atoms with E-state index in [4.69, 9.17) is 16.6 Å². The average Bonchev–Trinajstić information content (AvgIpc) is 3.34. The molecule has 4 rings (SSSR count). The van der Waals surface area contributed by atoms with Gasteiger partial charge in [-0.25, -0.2) is 9.98 Å². The van der Waals surface area contributed by atoms with Crippen LogP contribution in [0.3, 0.4) is 0 Å². The van der Waals surface area contributed by atoms with E-state index in [1.807, 2.05) is 40.9 Å². The molecule has 1 fully saturated rings. The molecule has 0 bridgehead atoms. The Kier molecular flexibility index (Phi) is 5.57. The Morgan fingerprint density at radius 1 is 1.29 bits per heavy atom. The fourth-order valence-electron chi connectivity index (χ4n) is 3.34. The van der Waals surface area contributed by atoms with Gasteiger partial charge >= 0.3 is 0 Å². The first-order valence-corrected chi connectivity index (χ1v) is 9.81. The summed E-state index contributed by atoms with van der Waals surface area (Å²) < 4.78 is 1.95. The minimum absolute atomic E-state index is 0.269. The van der Waals surface area contributed by atoms with Crippen molar-refractivity contribution < 1.29 is 0 Å². The van der Waals surface area contributed by atoms with Crippen LogP contribution in [0, 0.1) is 0 Å². The topological polar surface area (TPSA) is 82.7 Å². The number of aromatic nitrogens is 4. The molecule has 1 saturated heterocycles. The van der Waals surface area contributed by atoms with Gasteiger partial charge in [0.1, 0.15) is 12.4 Å². The number of fused-ring (bicyclic) bond motifs is 1. The highest BCUT2D eigenvalue weighted by atomic mass is 35.5. The van der Waals surface area contributed by atoms with Crippen LogP contribution in [0.2, 0.25) is 5.02 Å². The largest absolute Gasteiger partial charge is 0.357 e. The van der Waals surface area contributed by atoms with Gasteiger partial charge in [-0.15, -0.1) is 10.2 Å². The lowest BCUT2D eigenvalue weighted by Gasteiger charge is -2.20. The van der Waals surface area contributed by atoms with Crippen molar-refractivity contribution in [2.24, 2.45) is 4.99 Å². The maximum absolute atomic E-state index is 6.29. The molecule has 4 heterocycles. The second-order valence-electron chi connectivity index (χ2n) is 6.63. The van der Waals surface area contributed by atoms with Gasteiger partial charge in [-0.1, -0.05) is 17.7 Å². The van der Waals surface area contributed by atoms with Gasteiger partial charge in [0.05, 0.1) is 5.02 Å². The van der Waals surface area contributed by atoms with Gasteiger partial charge in [0.2, 0.25) is 0 Å². The quantitative estimate of drug-likeness (QED) is 0.506. The number of pyridine rings is 2. The Morgan fingerprint density at radius 2 is 2.21 bits per heavy atom. The van der Waals surface area contributed by atoms with E-state index in [2.05, 4.69) is 37.6 Å². The van der Waals surface area contributed by atoms with E-state index < -0.39 is 0 Å². The third kappa shape index (κ3) is 4.01. The fraction of sp³-hybridized carbons (Fsp3) is 0.368. The molecule has 1 atom stereocenters. The Bertz CT molecular complexity index is 969. The summed E-state index contributed by atoms with van der Waals surface area (Å²) in [6, 6.07) is 9.83. The molecule has 146 valence electrons. The van der Waals surface area contributed by atoms with Gasteiger partial charge in [0.25, 0.3) is 0 Å². The van der Waals surface area contributed by atoms with Gasteiger partial charge in [-0.3, -0.25) is 4.40 Å². The second kappa shape index (κ2) is 8.43. The molecular weight excluding hydrogens is 376 g/mol. The van der Waals surface area contributed by atoms with Crippen LogP contribution in [0.1, 0.15) is 19.2 Å². The predicted molar refractivity (Wildman–Crippen MR) is 111 cm³/mol. The molecule has 1 unspecified atom stereocenters. The standard InChI is InChI=1S/C19H23ClN8/c1-2-21-19(23-12-17-26-25-16-7-3-4-10-28(16)17)24-14-8-11-27(13-14)18-15(20)6-5-9-22-18/h3-7,9-10,14H,2,8,11-13H2,1H3,(H2,21,23,24). The maximum Gasteiger partial charge on any atom is 0.191 e. The summed E-state index contributed by atoms with van der Waals surface area (Å²) in [5.74, 6) is 2.42. The van der Waals surface area contributed by atoms with E-state index >= 15 is 0 Å². The van der Waals surface area contributed by atoms with Crippen LogP contribution in [0.25, 0.3) is 5.65 Å². The number of anilines is 1. The second-order valence-corrected chi connectivity index (χ2v) is 7.03. The summed E-state index contributed by atoms with van der Waals surface area (Å²) in [7, 11) is 0. The van der Waals surface area contributed by atoms with E-state index in [1.54, 1.807) is 6.20 Å². The Hall–Kier alpha value is -2.87. The van der Waals surface area contributed by atoms with Crippen LogP contribution >= 0.6 is 11.6 Å². The lowest BCUT2D eigenvalue weighted by atomic mass is 10.3. The molecule has 8 nitrogen and oxygen atoms in total. The highest BCUT2D eigenvalue weighted by Gasteiger charge is 2.25. The van der Waals surface area contributed by atoms with Crippen molar-refractivity contribution in [3.8, 4) is 0 Å². The number of nitrogens with one attached hydrogen (secondary N) is 2. The molecule has 9 heteroatoms. The molecule has 0 saturated carbocycles. The SMILES string of the molecule is CCNC(=NCc1nnc2ccccn12)NC1CCN(c2ncccc2Cl)C1. The first-order valence-electron chi connectivity index (χ1n) is 9.43. The van der Waals surface area contributed by atoms with Crippen molar-refractivity contribution in [1.82, 2.24) is 30.2 Å². The first-order chi connectivity index (χ1) is 13.7. The number of nitrogens with zero attached hydrogens (tertiary/aromatic N) is 6. The minimum Gasteiger partial charge on any atom is -0.357 e. The van der Waals surface area contributed by atoms with Crippen LogP contribution in [0.15, 0.2) is 47.7 Å². The summed E-state index contributed by atoms with van der Waals surface area (Å²) in [6.45, 7) is 5.02. The van der Waals surface area contributed by atoms with E-state index in [9.17, 15) is 0 Å². The van der Waals surface area contributed by atoms with E-state index in [0.29, 0.717) is 11.6 Å². The minimum atomic E-state index is 0.269. The van der Waals surface area contributed by atoms with Crippen molar-refractivity contribution in [3.63, 3.8) is 0 Å². The molecule has 0 aliphatic carbocycles. The number of rotatable bonds is 5. The van der Waals surface area contributed by atoms with E-state index in [1.165, 1.54) is 0 Å². The smallest absolute Gasteiger partial charge is 0.191 e. The lowest BCUT2D eigenvalue weighted by Crippen LogP contribution is -2.44. The van der Waals surface area contributed by atoms with Crippen LogP contribution in [0.4, 0.5) is 5.82 Å². The maximum atomic E-state index is 6.29. The zero-order valence-electron chi connectivity index (χ0n) is 15.7. The van der Waals surface area contributed by atoms with Gasteiger partial charge in [0, 0.05) is 38.1 Å². The molecule has 1 aliphatic rings. The molecule has 0 aromatic carbocycles.